The first kappa shape index (κ1) is 16.6. The smallest absolute Gasteiger partial charge is 0.302 e. The van der Waals surface area contributed by atoms with E-state index in [0.717, 1.165) is 37.0 Å². The highest BCUT2D eigenvalue weighted by Crippen LogP contribution is 2.61. The molecule has 0 spiro atoms. The highest BCUT2D eigenvalue weighted by Gasteiger charge is 2.56. The van der Waals surface area contributed by atoms with Gasteiger partial charge in [0.15, 0.2) is 5.78 Å². The van der Waals surface area contributed by atoms with E-state index >= 15 is 0 Å². The van der Waals surface area contributed by atoms with Gasteiger partial charge in [0, 0.05) is 24.3 Å². The van der Waals surface area contributed by atoms with Gasteiger partial charge in [0.2, 0.25) is 0 Å². The van der Waals surface area contributed by atoms with Gasteiger partial charge in [0.25, 0.3) is 0 Å². The van der Waals surface area contributed by atoms with E-state index < -0.39 is 0 Å². The lowest BCUT2D eigenvalue weighted by atomic mass is 9.55. The first-order valence-electron chi connectivity index (χ1n) is 9.32. The summed E-state index contributed by atoms with van der Waals surface area (Å²) in [5.74, 6) is 2.05. The van der Waals surface area contributed by atoms with Crippen LogP contribution >= 0.6 is 0 Å². The third kappa shape index (κ3) is 2.49. The van der Waals surface area contributed by atoms with E-state index in [1.165, 1.54) is 12.5 Å². The number of Topliss-reactive ketones (excluding diaryl/α,β-unsaturated/α-hetero) is 1. The van der Waals surface area contributed by atoms with Crippen molar-refractivity contribution in [1.82, 2.24) is 0 Å². The Hall–Kier alpha value is -1.84. The molecule has 134 valence electrons. The first-order chi connectivity index (χ1) is 11.9. The summed E-state index contributed by atoms with van der Waals surface area (Å²) >= 11 is 0. The van der Waals surface area contributed by atoms with Gasteiger partial charge in [-0.1, -0.05) is 13.0 Å². The van der Waals surface area contributed by atoms with Gasteiger partial charge in [0.1, 0.15) is 11.9 Å². The number of benzene rings is 1. The molecule has 0 radical (unpaired) electrons. The number of hydrogen-bond acceptors (Lipinski definition) is 4. The molecule has 1 aromatic carbocycles. The van der Waals surface area contributed by atoms with Crippen LogP contribution in [0.4, 0.5) is 0 Å². The summed E-state index contributed by atoms with van der Waals surface area (Å²) in [6, 6.07) is 5.96. The zero-order chi connectivity index (χ0) is 17.8. The van der Waals surface area contributed by atoms with Crippen molar-refractivity contribution in [3.63, 3.8) is 0 Å². The van der Waals surface area contributed by atoms with Crippen LogP contribution < -0.4 is 4.74 Å². The molecular weight excluding hydrogens is 316 g/mol. The van der Waals surface area contributed by atoms with Crippen LogP contribution in [0.5, 0.6) is 5.75 Å². The molecule has 25 heavy (non-hydrogen) atoms. The number of ether oxygens (including phenoxy) is 2. The Morgan fingerprint density at radius 1 is 1.24 bits per heavy atom. The predicted octanol–water partition coefficient (Wildman–Crippen LogP) is 4.12. The normalized spacial score (nSPS) is 36.2. The van der Waals surface area contributed by atoms with E-state index in [1.807, 2.05) is 12.1 Å². The third-order valence-electron chi connectivity index (χ3n) is 7.04. The molecule has 0 aromatic heterocycles. The zero-order valence-corrected chi connectivity index (χ0v) is 15.2. The van der Waals surface area contributed by atoms with Crippen LogP contribution in [0.25, 0.3) is 0 Å². The number of esters is 1. The van der Waals surface area contributed by atoms with Crippen LogP contribution in [0.2, 0.25) is 0 Å². The molecule has 0 aliphatic heterocycles. The summed E-state index contributed by atoms with van der Waals surface area (Å²) in [4.78, 5) is 24.3. The number of ketones is 1. The highest BCUT2D eigenvalue weighted by atomic mass is 16.5. The lowest BCUT2D eigenvalue weighted by Gasteiger charge is -2.50. The molecule has 2 fully saturated rings. The van der Waals surface area contributed by atoms with Crippen molar-refractivity contribution in [3.8, 4) is 5.75 Å². The van der Waals surface area contributed by atoms with Crippen LogP contribution in [-0.4, -0.2) is 25.0 Å². The minimum Gasteiger partial charge on any atom is -0.497 e. The van der Waals surface area contributed by atoms with Gasteiger partial charge in [-0.15, -0.1) is 0 Å². The number of hydrogen-bond donors (Lipinski definition) is 0. The molecule has 0 heterocycles. The fourth-order valence-corrected chi connectivity index (χ4v) is 5.86. The molecule has 0 saturated heterocycles. The van der Waals surface area contributed by atoms with Crippen molar-refractivity contribution in [1.29, 1.82) is 0 Å². The number of rotatable bonds is 2. The summed E-state index contributed by atoms with van der Waals surface area (Å²) in [6.45, 7) is 3.76. The highest BCUT2D eigenvalue weighted by molar-refractivity contribution is 5.99. The molecule has 2 saturated carbocycles. The largest absolute Gasteiger partial charge is 0.497 e. The minimum atomic E-state index is -0.189. The van der Waals surface area contributed by atoms with E-state index in [1.54, 1.807) is 7.11 Å². The average Bonchev–Trinajstić information content (AvgIpc) is 2.91. The third-order valence-corrected chi connectivity index (χ3v) is 7.04. The van der Waals surface area contributed by atoms with Crippen molar-refractivity contribution in [2.75, 3.05) is 7.11 Å². The fourth-order valence-electron chi connectivity index (χ4n) is 5.86. The van der Waals surface area contributed by atoms with Gasteiger partial charge in [-0.05, 0) is 61.1 Å². The number of carbonyl (C=O) groups excluding carboxylic acids is 2. The van der Waals surface area contributed by atoms with Crippen LogP contribution in [0.3, 0.4) is 0 Å². The van der Waals surface area contributed by atoms with E-state index in [9.17, 15) is 9.59 Å². The van der Waals surface area contributed by atoms with Crippen LogP contribution in [0, 0.1) is 17.3 Å². The molecule has 3 aliphatic rings. The molecule has 0 N–H and O–H groups in total. The van der Waals surface area contributed by atoms with Gasteiger partial charge >= 0.3 is 5.97 Å². The van der Waals surface area contributed by atoms with Crippen molar-refractivity contribution in [3.05, 3.63) is 29.3 Å². The average molecular weight is 342 g/mol. The summed E-state index contributed by atoms with van der Waals surface area (Å²) in [5.41, 5.74) is 2.05. The van der Waals surface area contributed by atoms with Crippen molar-refractivity contribution in [2.45, 2.75) is 58.0 Å². The minimum absolute atomic E-state index is 0.00307. The molecule has 4 rings (SSSR count). The zero-order valence-electron chi connectivity index (χ0n) is 15.2. The van der Waals surface area contributed by atoms with Crippen molar-refractivity contribution in [2.24, 2.45) is 17.3 Å². The molecular formula is C21H26O4. The van der Waals surface area contributed by atoms with Crippen LogP contribution in [0.1, 0.15) is 67.8 Å². The van der Waals surface area contributed by atoms with Gasteiger partial charge in [-0.2, -0.15) is 0 Å². The number of fused-ring (bicyclic) bond motifs is 5. The van der Waals surface area contributed by atoms with E-state index in [0.29, 0.717) is 24.2 Å². The summed E-state index contributed by atoms with van der Waals surface area (Å²) < 4.78 is 10.9. The van der Waals surface area contributed by atoms with Gasteiger partial charge in [-0.25, -0.2) is 0 Å². The molecule has 0 bridgehead atoms. The van der Waals surface area contributed by atoms with E-state index in [-0.39, 0.29) is 23.3 Å². The second-order valence-electron chi connectivity index (χ2n) is 8.18. The predicted molar refractivity (Wildman–Crippen MR) is 93.8 cm³/mol. The summed E-state index contributed by atoms with van der Waals surface area (Å²) in [6.07, 6.45) is 4.70. The van der Waals surface area contributed by atoms with E-state index in [4.69, 9.17) is 9.47 Å². The Morgan fingerprint density at radius 3 is 2.76 bits per heavy atom. The van der Waals surface area contributed by atoms with Gasteiger partial charge in [-0.3, -0.25) is 9.59 Å². The summed E-state index contributed by atoms with van der Waals surface area (Å²) in [7, 11) is 1.64. The Kier molecular flexibility index (Phi) is 3.89. The second kappa shape index (κ2) is 5.86. The molecule has 3 aliphatic carbocycles. The fraction of sp³-hybridized carbons (Fsp3) is 0.619. The summed E-state index contributed by atoms with van der Waals surface area (Å²) in [5, 5.41) is 0. The van der Waals surface area contributed by atoms with Gasteiger partial charge < -0.3 is 9.47 Å². The number of carbonyl (C=O) groups is 2. The topological polar surface area (TPSA) is 52.6 Å². The van der Waals surface area contributed by atoms with Crippen LogP contribution in [-0.2, 0) is 9.53 Å². The van der Waals surface area contributed by atoms with E-state index in [2.05, 4.69) is 13.0 Å². The Morgan fingerprint density at radius 2 is 2.04 bits per heavy atom. The molecule has 4 heteroatoms. The SMILES string of the molecule is COc1ccc2c(c1)C(=O)C[C@@H]1[C@@H]2CC[C@]2(C)[C@H](OC(C)=O)CC[C@@H]12. The number of methoxy groups -OCH3 is 1. The monoisotopic (exact) mass is 342 g/mol. The Labute approximate surface area is 148 Å². The molecule has 1 aromatic rings. The standard InChI is InChI=1S/C21H26O4/c1-12(22)25-20-7-6-18-16-11-19(23)17-10-13(24-3)4-5-14(17)15(16)8-9-21(18,20)2/h4-5,10,15-16,18,20H,6-9,11H2,1-3H3/t15-,16-,18+,20-,21+/m1/s1. The van der Waals surface area contributed by atoms with Crippen molar-refractivity contribution >= 4 is 11.8 Å². The molecule has 4 nitrogen and oxygen atoms in total. The first-order valence-corrected chi connectivity index (χ1v) is 9.32. The molecule has 0 amide bonds. The second-order valence-corrected chi connectivity index (χ2v) is 8.18. The van der Waals surface area contributed by atoms with Crippen LogP contribution in [0.15, 0.2) is 18.2 Å². The maximum atomic E-state index is 12.8. The Balaban J connectivity index is 1.67. The maximum absolute atomic E-state index is 12.8. The Bertz CT molecular complexity index is 725. The van der Waals surface area contributed by atoms with Gasteiger partial charge in [0.05, 0.1) is 7.11 Å². The lowest BCUT2D eigenvalue weighted by molar-refractivity contribution is -0.154. The quantitative estimate of drug-likeness (QED) is 0.759. The molecule has 5 atom stereocenters. The lowest BCUT2D eigenvalue weighted by Crippen LogP contribution is -2.45. The maximum Gasteiger partial charge on any atom is 0.302 e. The van der Waals surface area contributed by atoms with Crippen molar-refractivity contribution < 1.29 is 19.1 Å². The molecule has 0 unspecified atom stereocenters.